The molecule has 0 aromatic heterocycles. The van der Waals surface area contributed by atoms with E-state index in [2.05, 4.69) is 64.6 Å². The van der Waals surface area contributed by atoms with Crippen molar-refractivity contribution in [2.45, 2.75) is 89.6 Å². The third-order valence-electron chi connectivity index (χ3n) is 12.9. The molecule has 4 aromatic rings. The van der Waals surface area contributed by atoms with Gasteiger partial charge in [0.1, 0.15) is 17.2 Å². The molecule has 2 N–H and O–H groups in total. The molecule has 1 amide bonds. The minimum Gasteiger partial charge on any atom is -0.456 e. The molecule has 2 aliphatic carbocycles. The summed E-state index contributed by atoms with van der Waals surface area (Å²) in [5.74, 6) is -0.454. The van der Waals surface area contributed by atoms with Crippen molar-refractivity contribution >= 4 is 61.8 Å². The van der Waals surface area contributed by atoms with Gasteiger partial charge in [0, 0.05) is 60.6 Å². The summed E-state index contributed by atoms with van der Waals surface area (Å²) in [6, 6.07) is 23.7. The van der Waals surface area contributed by atoms with Crippen LogP contribution in [0.4, 0.5) is 17.1 Å². The number of sulfonamides is 1. The predicted molar refractivity (Wildman–Crippen MR) is 253 cm³/mol. The minimum absolute atomic E-state index is 0.0333. The molecule has 0 bridgehead atoms. The van der Waals surface area contributed by atoms with Crippen LogP contribution in [0, 0.1) is 15.5 Å². The third kappa shape index (κ3) is 11.0. The highest BCUT2D eigenvalue weighted by atomic mass is 35.5. The summed E-state index contributed by atoms with van der Waals surface area (Å²) < 4.78 is 36.1. The summed E-state index contributed by atoms with van der Waals surface area (Å²) in [5.41, 5.74) is 4.46. The van der Waals surface area contributed by atoms with Crippen molar-refractivity contribution in [3.63, 3.8) is 0 Å². The second-order valence-electron chi connectivity index (χ2n) is 17.7. The molecule has 336 valence electrons. The molecule has 1 aliphatic heterocycles. The number of halogens is 2. The number of piperazine rings is 1. The summed E-state index contributed by atoms with van der Waals surface area (Å²) in [5, 5.41) is 17.1. The number of carbonyl (C=O) groups is 1. The number of hydrogen-bond acceptors (Lipinski definition) is 10. The summed E-state index contributed by atoms with van der Waals surface area (Å²) in [6.07, 6.45) is 7.84. The van der Waals surface area contributed by atoms with Gasteiger partial charge in [-0.3, -0.25) is 24.7 Å². The first-order valence-electron chi connectivity index (χ1n) is 22.0. The molecule has 1 saturated heterocycles. The molecular weight excluding hydrogens is 860 g/mol. The van der Waals surface area contributed by atoms with Crippen LogP contribution in [0.1, 0.15) is 95.0 Å². The van der Waals surface area contributed by atoms with Gasteiger partial charge in [-0.1, -0.05) is 81.1 Å². The number of ether oxygens (including phenoxy) is 1. The zero-order valence-corrected chi connectivity index (χ0v) is 38.9. The van der Waals surface area contributed by atoms with Gasteiger partial charge in [0.25, 0.3) is 21.6 Å². The fourth-order valence-electron chi connectivity index (χ4n) is 9.44. The molecule has 1 heterocycles. The number of nitro groups is 1. The Bertz CT molecular complexity index is 2440. The lowest BCUT2D eigenvalue weighted by Crippen LogP contribution is -2.55. The van der Waals surface area contributed by atoms with Crippen molar-refractivity contribution in [3.8, 4) is 11.5 Å². The smallest absolute Gasteiger partial charge is 0.293 e. The molecule has 0 spiro atoms. The van der Waals surface area contributed by atoms with Gasteiger partial charge in [-0.05, 0) is 129 Å². The van der Waals surface area contributed by atoms with Gasteiger partial charge in [0.15, 0.2) is 0 Å². The lowest BCUT2D eigenvalue weighted by molar-refractivity contribution is -0.384. The van der Waals surface area contributed by atoms with E-state index in [4.69, 9.17) is 27.9 Å². The zero-order chi connectivity index (χ0) is 44.9. The summed E-state index contributed by atoms with van der Waals surface area (Å²) in [6.45, 7) is 14.3. The number of nitrogens with zero attached hydrogens (tertiary/aromatic N) is 4. The Labute approximate surface area is 381 Å². The molecule has 7 rings (SSSR count). The van der Waals surface area contributed by atoms with Crippen LogP contribution in [0.25, 0.3) is 5.57 Å². The maximum Gasteiger partial charge on any atom is 0.293 e. The van der Waals surface area contributed by atoms with Crippen molar-refractivity contribution in [1.82, 2.24) is 14.5 Å². The number of anilines is 2. The first kappa shape index (κ1) is 46.3. The number of carbonyl (C=O) groups excluding carboxylic acids is 1. The summed E-state index contributed by atoms with van der Waals surface area (Å²) in [4.78, 5) is 32.4. The van der Waals surface area contributed by atoms with Crippen LogP contribution in [0.15, 0.2) is 95.4 Å². The Hall–Kier alpha value is -4.66. The Balaban J connectivity index is 1.10. The SMILES string of the molecule is CCN(CC)C1(Nc2ccc(S(=O)(=O)NC(=O)c3ccc(N4CCN(CC5=C(c6ccc(Cl)cc6)CC(C)(C)CC5)CC4)cc3Oc3cccc(Cl)c3)cc2[N+](=O)[O-])CCCCC1. The fourth-order valence-corrected chi connectivity index (χ4v) is 10.7. The number of allylic oxidation sites excluding steroid dienone is 1. The standard InChI is InChI=1S/C48H58Cl2N6O6S/c1-5-55(6-2)48(22-8-7-9-23-48)51-43-20-18-40(31-44(43)56(58)59)63(60,61)52-46(57)41-19-17-38(30-45(41)62-39-12-10-11-37(50)29-39)54-27-25-53(26-28-54)33-35-21-24-47(3,4)32-42(35)34-13-15-36(49)16-14-34/h10-20,29-31,51H,5-9,21-28,32-33H2,1-4H3,(H,52,57). The van der Waals surface area contributed by atoms with Crippen LogP contribution < -0.4 is 19.7 Å². The van der Waals surface area contributed by atoms with Crippen molar-refractivity contribution in [1.29, 1.82) is 0 Å². The van der Waals surface area contributed by atoms with Gasteiger partial charge in [-0.2, -0.15) is 0 Å². The zero-order valence-electron chi connectivity index (χ0n) is 36.6. The molecule has 12 nitrogen and oxygen atoms in total. The monoisotopic (exact) mass is 916 g/mol. The molecule has 0 unspecified atom stereocenters. The normalized spacial score (nSPS) is 18.0. The number of hydrogen-bond donors (Lipinski definition) is 2. The maximum absolute atomic E-state index is 14.0. The highest BCUT2D eigenvalue weighted by molar-refractivity contribution is 7.90. The van der Waals surface area contributed by atoms with E-state index < -0.39 is 37.1 Å². The molecule has 3 aliphatic rings. The largest absolute Gasteiger partial charge is 0.456 e. The number of benzene rings is 4. The van der Waals surface area contributed by atoms with Gasteiger partial charge < -0.3 is 15.0 Å². The highest BCUT2D eigenvalue weighted by Gasteiger charge is 2.38. The summed E-state index contributed by atoms with van der Waals surface area (Å²) in [7, 11) is -4.57. The van der Waals surface area contributed by atoms with Gasteiger partial charge in [-0.25, -0.2) is 13.1 Å². The lowest BCUT2D eigenvalue weighted by atomic mass is 9.72. The van der Waals surface area contributed by atoms with Crippen LogP contribution in [0.5, 0.6) is 11.5 Å². The number of amides is 1. The Morgan fingerprint density at radius 3 is 2.25 bits per heavy atom. The average molecular weight is 918 g/mol. The lowest BCUT2D eigenvalue weighted by Gasteiger charge is -2.47. The van der Waals surface area contributed by atoms with Crippen molar-refractivity contribution in [3.05, 3.63) is 122 Å². The van der Waals surface area contributed by atoms with Crippen molar-refractivity contribution < 1.29 is 22.9 Å². The third-order valence-corrected chi connectivity index (χ3v) is 14.7. The van der Waals surface area contributed by atoms with Crippen LogP contribution >= 0.6 is 23.2 Å². The molecule has 2 fully saturated rings. The maximum atomic E-state index is 14.0. The minimum atomic E-state index is -4.57. The van der Waals surface area contributed by atoms with E-state index in [-0.39, 0.29) is 22.4 Å². The van der Waals surface area contributed by atoms with E-state index in [1.165, 1.54) is 28.8 Å². The fraction of sp³-hybridized carbons (Fsp3) is 0.438. The van der Waals surface area contributed by atoms with E-state index in [1.54, 1.807) is 42.5 Å². The summed E-state index contributed by atoms with van der Waals surface area (Å²) >= 11 is 12.5. The molecule has 0 radical (unpaired) electrons. The average Bonchev–Trinajstić information content (AvgIpc) is 3.25. The first-order chi connectivity index (χ1) is 30.1. The van der Waals surface area contributed by atoms with Crippen LogP contribution in [0.3, 0.4) is 0 Å². The molecule has 15 heteroatoms. The van der Waals surface area contributed by atoms with Gasteiger partial charge in [-0.15, -0.1) is 0 Å². The molecule has 63 heavy (non-hydrogen) atoms. The Kier molecular flexibility index (Phi) is 14.4. The topological polar surface area (TPSA) is 137 Å². The number of rotatable bonds is 15. The Morgan fingerprint density at radius 2 is 1.59 bits per heavy atom. The van der Waals surface area contributed by atoms with Gasteiger partial charge in [0.2, 0.25) is 0 Å². The molecule has 1 saturated carbocycles. The van der Waals surface area contributed by atoms with Crippen molar-refractivity contribution in [2.75, 3.05) is 56.0 Å². The first-order valence-corrected chi connectivity index (χ1v) is 24.2. The Morgan fingerprint density at radius 1 is 0.873 bits per heavy atom. The van der Waals surface area contributed by atoms with E-state index in [9.17, 15) is 23.3 Å². The van der Waals surface area contributed by atoms with Gasteiger partial charge >= 0.3 is 0 Å². The molecule has 4 aromatic carbocycles. The second kappa shape index (κ2) is 19.6. The van der Waals surface area contributed by atoms with Crippen LogP contribution in [-0.4, -0.2) is 80.5 Å². The quantitative estimate of drug-likeness (QED) is 0.0673. The van der Waals surface area contributed by atoms with Crippen molar-refractivity contribution in [2.24, 2.45) is 5.41 Å². The van der Waals surface area contributed by atoms with E-state index in [1.807, 2.05) is 12.1 Å². The van der Waals surface area contributed by atoms with Crippen LogP contribution in [0.2, 0.25) is 10.0 Å². The van der Waals surface area contributed by atoms with E-state index in [0.717, 1.165) is 114 Å². The van der Waals surface area contributed by atoms with E-state index >= 15 is 0 Å². The van der Waals surface area contributed by atoms with E-state index in [0.29, 0.717) is 10.8 Å². The number of nitro benzene ring substituents is 1. The van der Waals surface area contributed by atoms with Gasteiger partial charge in [0.05, 0.1) is 21.0 Å². The number of nitrogens with one attached hydrogen (secondary N) is 2. The molecule has 0 atom stereocenters. The predicted octanol–water partition coefficient (Wildman–Crippen LogP) is 11.0. The highest BCUT2D eigenvalue weighted by Crippen LogP contribution is 2.44. The second-order valence-corrected chi connectivity index (χ2v) is 20.2. The van der Waals surface area contributed by atoms with Crippen LogP contribution in [-0.2, 0) is 10.0 Å². The molecular formula is C48H58Cl2N6O6S.